The van der Waals surface area contributed by atoms with Crippen molar-refractivity contribution in [2.45, 2.75) is 13.3 Å². The predicted octanol–water partition coefficient (Wildman–Crippen LogP) is 1.72. The lowest BCUT2D eigenvalue weighted by Gasteiger charge is -2.26. The lowest BCUT2D eigenvalue weighted by atomic mass is 10.3. The van der Waals surface area contributed by atoms with E-state index in [1.165, 1.54) is 0 Å². The lowest BCUT2D eigenvalue weighted by Crippen LogP contribution is -2.37. The zero-order valence-electron chi connectivity index (χ0n) is 13.9. The summed E-state index contributed by atoms with van der Waals surface area (Å²) in [5.74, 6) is 1.68. The molecule has 3 aromatic rings. The van der Waals surface area contributed by atoms with Crippen molar-refractivity contribution >= 4 is 22.5 Å². The molecule has 1 saturated heterocycles. The summed E-state index contributed by atoms with van der Waals surface area (Å²) in [7, 11) is 0. The maximum absolute atomic E-state index is 5.38. The highest BCUT2D eigenvalue weighted by molar-refractivity contribution is 5.82. The van der Waals surface area contributed by atoms with E-state index in [2.05, 4.69) is 24.8 Å². The molecule has 0 aliphatic carbocycles. The number of anilines is 1. The van der Waals surface area contributed by atoms with E-state index in [0.29, 0.717) is 0 Å². The maximum Gasteiger partial charge on any atom is 0.204 e. The van der Waals surface area contributed by atoms with Crippen LogP contribution in [0, 0.1) is 6.92 Å². The van der Waals surface area contributed by atoms with Crippen LogP contribution in [0.1, 0.15) is 12.2 Å². The number of para-hydroxylation sites is 2. The van der Waals surface area contributed by atoms with E-state index in [-0.39, 0.29) is 0 Å². The van der Waals surface area contributed by atoms with Crippen LogP contribution < -0.4 is 5.32 Å². The van der Waals surface area contributed by atoms with Crippen molar-refractivity contribution in [3.8, 4) is 0 Å². The van der Waals surface area contributed by atoms with Crippen LogP contribution in [0.5, 0.6) is 0 Å². The summed E-state index contributed by atoms with van der Waals surface area (Å²) >= 11 is 0. The Morgan fingerprint density at radius 3 is 2.88 bits per heavy atom. The van der Waals surface area contributed by atoms with Gasteiger partial charge in [0.05, 0.1) is 24.2 Å². The first-order valence-electron chi connectivity index (χ1n) is 8.47. The number of aromatic nitrogens is 4. The van der Waals surface area contributed by atoms with Gasteiger partial charge >= 0.3 is 0 Å². The van der Waals surface area contributed by atoms with Crippen LogP contribution in [0.4, 0.5) is 5.82 Å². The molecule has 2 aromatic heterocycles. The Morgan fingerprint density at radius 2 is 2.00 bits per heavy atom. The molecule has 0 radical (unpaired) electrons. The van der Waals surface area contributed by atoms with Gasteiger partial charge in [0.15, 0.2) is 5.82 Å². The standard InChI is InChI=1S/C17H22N6O/c1-13-20-21-17-16(18-7-4-8-22-9-11-24-12-10-22)19-14-5-2-3-6-15(14)23(13)17/h2-3,5-6H,4,7-12H2,1H3,(H,18,19). The smallest absolute Gasteiger partial charge is 0.204 e. The average molecular weight is 326 g/mol. The Morgan fingerprint density at radius 1 is 1.17 bits per heavy atom. The van der Waals surface area contributed by atoms with Crippen molar-refractivity contribution in [1.29, 1.82) is 0 Å². The summed E-state index contributed by atoms with van der Waals surface area (Å²) in [6.07, 6.45) is 1.06. The fourth-order valence-electron chi connectivity index (χ4n) is 3.18. The largest absolute Gasteiger partial charge is 0.379 e. The highest BCUT2D eigenvalue weighted by Gasteiger charge is 2.13. The molecule has 3 heterocycles. The van der Waals surface area contributed by atoms with Crippen molar-refractivity contribution < 1.29 is 4.74 Å². The summed E-state index contributed by atoms with van der Waals surface area (Å²) in [6.45, 7) is 7.66. The number of hydrogen-bond acceptors (Lipinski definition) is 6. The first-order valence-corrected chi connectivity index (χ1v) is 8.47. The molecule has 1 N–H and O–H groups in total. The molecule has 7 heteroatoms. The molecule has 1 aromatic carbocycles. The van der Waals surface area contributed by atoms with Gasteiger partial charge in [0.2, 0.25) is 5.65 Å². The van der Waals surface area contributed by atoms with Crippen molar-refractivity contribution in [3.05, 3.63) is 30.1 Å². The van der Waals surface area contributed by atoms with Crippen LogP contribution >= 0.6 is 0 Å². The molecule has 0 amide bonds. The molecule has 126 valence electrons. The zero-order valence-corrected chi connectivity index (χ0v) is 13.9. The van der Waals surface area contributed by atoms with Gasteiger partial charge in [-0.15, -0.1) is 10.2 Å². The maximum atomic E-state index is 5.38. The number of rotatable bonds is 5. The summed E-state index contributed by atoms with van der Waals surface area (Å²) in [5, 5.41) is 12.0. The molecule has 7 nitrogen and oxygen atoms in total. The number of aryl methyl sites for hydroxylation is 1. The predicted molar refractivity (Wildman–Crippen MR) is 93.4 cm³/mol. The van der Waals surface area contributed by atoms with Gasteiger partial charge in [-0.25, -0.2) is 4.98 Å². The van der Waals surface area contributed by atoms with Gasteiger partial charge in [-0.2, -0.15) is 0 Å². The second-order valence-corrected chi connectivity index (χ2v) is 6.09. The Labute approximate surface area is 140 Å². The third-order valence-electron chi connectivity index (χ3n) is 4.44. The van der Waals surface area contributed by atoms with Crippen LogP contribution in [0.15, 0.2) is 24.3 Å². The minimum atomic E-state index is 0.789. The van der Waals surface area contributed by atoms with Gasteiger partial charge in [0.25, 0.3) is 0 Å². The van der Waals surface area contributed by atoms with Crippen molar-refractivity contribution in [3.63, 3.8) is 0 Å². The first-order chi connectivity index (χ1) is 11.8. The van der Waals surface area contributed by atoms with Crippen molar-refractivity contribution in [2.24, 2.45) is 0 Å². The summed E-state index contributed by atoms with van der Waals surface area (Å²) in [5.41, 5.74) is 2.77. The number of nitrogens with zero attached hydrogens (tertiary/aromatic N) is 5. The molecule has 1 aliphatic rings. The van der Waals surface area contributed by atoms with E-state index in [9.17, 15) is 0 Å². The zero-order chi connectivity index (χ0) is 16.4. The van der Waals surface area contributed by atoms with Crippen LogP contribution in [0.25, 0.3) is 16.7 Å². The third kappa shape index (κ3) is 2.92. The lowest BCUT2D eigenvalue weighted by molar-refractivity contribution is 0.0378. The van der Waals surface area contributed by atoms with Crippen LogP contribution in [-0.2, 0) is 4.74 Å². The van der Waals surface area contributed by atoms with Crippen LogP contribution in [0.2, 0.25) is 0 Å². The minimum Gasteiger partial charge on any atom is -0.379 e. The van der Waals surface area contributed by atoms with Gasteiger partial charge < -0.3 is 10.1 Å². The molecule has 0 bridgehead atoms. The Hall–Kier alpha value is -2.25. The fourth-order valence-corrected chi connectivity index (χ4v) is 3.18. The third-order valence-corrected chi connectivity index (χ3v) is 4.44. The minimum absolute atomic E-state index is 0.789. The second-order valence-electron chi connectivity index (χ2n) is 6.09. The highest BCUT2D eigenvalue weighted by atomic mass is 16.5. The SMILES string of the molecule is Cc1nnc2c(NCCCN3CCOCC3)nc3ccccc3n12. The molecule has 1 aliphatic heterocycles. The molecule has 4 rings (SSSR count). The number of morpholine rings is 1. The first kappa shape index (κ1) is 15.3. The molecule has 24 heavy (non-hydrogen) atoms. The van der Waals surface area contributed by atoms with E-state index in [1.54, 1.807) is 0 Å². The molecule has 0 saturated carbocycles. The van der Waals surface area contributed by atoms with E-state index in [4.69, 9.17) is 9.72 Å². The van der Waals surface area contributed by atoms with Crippen LogP contribution in [-0.4, -0.2) is 63.9 Å². The summed E-state index contributed by atoms with van der Waals surface area (Å²) < 4.78 is 7.44. The Kier molecular flexibility index (Phi) is 4.27. The van der Waals surface area contributed by atoms with E-state index >= 15 is 0 Å². The van der Waals surface area contributed by atoms with Gasteiger partial charge in [-0.3, -0.25) is 9.30 Å². The number of fused-ring (bicyclic) bond motifs is 3. The van der Waals surface area contributed by atoms with E-state index in [1.807, 2.05) is 31.2 Å². The Bertz CT molecular complexity index is 840. The van der Waals surface area contributed by atoms with E-state index in [0.717, 1.165) is 74.1 Å². The molecule has 0 unspecified atom stereocenters. The topological polar surface area (TPSA) is 67.6 Å². The van der Waals surface area contributed by atoms with Crippen molar-refractivity contribution in [1.82, 2.24) is 24.5 Å². The fraction of sp³-hybridized carbons (Fsp3) is 0.471. The number of benzene rings is 1. The van der Waals surface area contributed by atoms with Crippen LogP contribution in [0.3, 0.4) is 0 Å². The highest BCUT2D eigenvalue weighted by Crippen LogP contribution is 2.21. The monoisotopic (exact) mass is 326 g/mol. The molecule has 0 atom stereocenters. The molecule has 0 spiro atoms. The number of ether oxygens (including phenoxy) is 1. The number of hydrogen-bond donors (Lipinski definition) is 1. The van der Waals surface area contributed by atoms with Gasteiger partial charge in [0, 0.05) is 19.6 Å². The summed E-state index contributed by atoms with van der Waals surface area (Å²) in [4.78, 5) is 7.17. The van der Waals surface area contributed by atoms with E-state index < -0.39 is 0 Å². The molecular formula is C17H22N6O. The van der Waals surface area contributed by atoms with Gasteiger partial charge in [-0.1, -0.05) is 12.1 Å². The Balaban J connectivity index is 1.50. The van der Waals surface area contributed by atoms with Crippen molar-refractivity contribution in [2.75, 3.05) is 44.7 Å². The second kappa shape index (κ2) is 6.70. The van der Waals surface area contributed by atoms with Gasteiger partial charge in [0.1, 0.15) is 5.82 Å². The molecular weight excluding hydrogens is 304 g/mol. The average Bonchev–Trinajstić information content (AvgIpc) is 3.02. The quantitative estimate of drug-likeness (QED) is 0.720. The number of nitrogens with one attached hydrogen (secondary N) is 1. The van der Waals surface area contributed by atoms with Gasteiger partial charge in [-0.05, 0) is 32.0 Å². The summed E-state index contributed by atoms with van der Waals surface area (Å²) in [6, 6.07) is 8.09. The molecule has 1 fully saturated rings. The normalized spacial score (nSPS) is 16.0.